The lowest BCUT2D eigenvalue weighted by atomic mass is 10.1. The van der Waals surface area contributed by atoms with Crippen LogP contribution in [0, 0.1) is 5.82 Å². The van der Waals surface area contributed by atoms with Crippen molar-refractivity contribution in [1.82, 2.24) is 9.80 Å². The smallest absolute Gasteiger partial charge is 0.323 e. The summed E-state index contributed by atoms with van der Waals surface area (Å²) in [5.41, 5.74) is 0.445. The van der Waals surface area contributed by atoms with Crippen LogP contribution in [0.15, 0.2) is 29.3 Å². The second kappa shape index (κ2) is 5.84. The Labute approximate surface area is 136 Å². The van der Waals surface area contributed by atoms with Gasteiger partial charge in [-0.1, -0.05) is 0 Å². The van der Waals surface area contributed by atoms with Gasteiger partial charge in [-0.05, 0) is 29.3 Å². The number of likely N-dealkylation sites (N-methyl/N-ethyl adjacent to an activating group) is 2. The highest BCUT2D eigenvalue weighted by atomic mass is 19.1. The Kier molecular flexibility index (Phi) is 3.84. The first kappa shape index (κ1) is 15.8. The average Bonchev–Trinajstić information content (AvgIpc) is 2.96. The molecule has 2 aliphatic rings. The number of halogens is 1. The molecule has 2 heterocycles. The number of benzene rings is 1. The number of hydrogen-bond donors (Lipinski definition) is 1. The van der Waals surface area contributed by atoms with Gasteiger partial charge < -0.3 is 5.32 Å². The summed E-state index contributed by atoms with van der Waals surface area (Å²) in [5, 5.41) is 2.61. The Morgan fingerprint density at radius 1 is 1.25 bits per heavy atom. The molecule has 0 spiro atoms. The third kappa shape index (κ3) is 2.64. The van der Waals surface area contributed by atoms with Crippen LogP contribution in [0.3, 0.4) is 0 Å². The Bertz CT molecular complexity index is 787. The molecule has 8 nitrogen and oxygen atoms in total. The molecule has 3 rings (SSSR count). The number of aliphatic imine (C=N–C) groups is 1. The van der Waals surface area contributed by atoms with E-state index in [9.17, 15) is 18.8 Å². The lowest BCUT2D eigenvalue weighted by molar-refractivity contribution is -0.519. The number of urea groups is 1. The van der Waals surface area contributed by atoms with E-state index in [4.69, 9.17) is 0 Å². The summed E-state index contributed by atoms with van der Waals surface area (Å²) in [5.74, 6) is -0.940. The molecule has 0 bridgehead atoms. The first-order valence-electron chi connectivity index (χ1n) is 7.16. The van der Waals surface area contributed by atoms with Crippen molar-refractivity contribution >= 4 is 35.7 Å². The van der Waals surface area contributed by atoms with Crippen LogP contribution in [-0.2, 0) is 9.59 Å². The summed E-state index contributed by atoms with van der Waals surface area (Å²) in [6, 6.07) is 4.07. The van der Waals surface area contributed by atoms with Gasteiger partial charge in [0.1, 0.15) is 5.82 Å². The van der Waals surface area contributed by atoms with Crippen LogP contribution in [0.1, 0.15) is 0 Å². The number of amidine groups is 1. The van der Waals surface area contributed by atoms with E-state index < -0.39 is 23.8 Å². The number of nitrogens with zero attached hydrogens (tertiary/aromatic N) is 4. The minimum atomic E-state index is -0.809. The Hall–Kier alpha value is -3.10. The first-order valence-corrected chi connectivity index (χ1v) is 7.16. The largest absolute Gasteiger partial charge is 0.333 e. The van der Waals surface area contributed by atoms with E-state index >= 15 is 0 Å². The molecule has 1 saturated heterocycles. The standard InChI is InChI=1S/C15H14FN5O3/c1-19-13-12(14(23)20(2)15(19)24)21(8-17-13)7-11(22)18-10-5-3-9(16)4-6-10/h3-6,8,12H,7H2,1-2H3/p+1. The zero-order valence-corrected chi connectivity index (χ0v) is 13.1. The number of carbonyl (C=O) groups is 3. The number of rotatable bonds is 3. The fraction of sp³-hybridized carbons (Fsp3) is 0.267. The lowest BCUT2D eigenvalue weighted by Gasteiger charge is -2.30. The predicted octanol–water partition coefficient (Wildman–Crippen LogP) is 0.110. The SMILES string of the molecule is CN1C(=O)C2C(=NC=[N+]2CC(=O)Nc2ccc(F)cc2)N(C)C1=O. The van der Waals surface area contributed by atoms with Crippen molar-refractivity contribution in [3.63, 3.8) is 0 Å². The summed E-state index contributed by atoms with van der Waals surface area (Å²) >= 11 is 0. The Morgan fingerprint density at radius 2 is 1.92 bits per heavy atom. The van der Waals surface area contributed by atoms with Crippen molar-refractivity contribution in [1.29, 1.82) is 0 Å². The molecule has 1 unspecified atom stereocenters. The van der Waals surface area contributed by atoms with Crippen LogP contribution in [0.4, 0.5) is 14.9 Å². The highest BCUT2D eigenvalue weighted by molar-refractivity contribution is 6.21. The average molecular weight is 332 g/mol. The number of fused-ring (bicyclic) bond motifs is 1. The molecule has 9 heteroatoms. The van der Waals surface area contributed by atoms with E-state index in [0.29, 0.717) is 5.69 Å². The van der Waals surface area contributed by atoms with Crippen molar-refractivity contribution in [3.8, 4) is 0 Å². The molecule has 1 aromatic rings. The van der Waals surface area contributed by atoms with Crippen molar-refractivity contribution in [2.24, 2.45) is 4.99 Å². The highest BCUT2D eigenvalue weighted by Crippen LogP contribution is 2.16. The van der Waals surface area contributed by atoms with Crippen molar-refractivity contribution in [3.05, 3.63) is 30.1 Å². The molecule has 0 saturated carbocycles. The fourth-order valence-electron chi connectivity index (χ4n) is 2.57. The molecule has 0 aliphatic carbocycles. The van der Waals surface area contributed by atoms with E-state index in [-0.39, 0.29) is 18.3 Å². The van der Waals surface area contributed by atoms with Crippen LogP contribution >= 0.6 is 0 Å². The van der Waals surface area contributed by atoms with Gasteiger partial charge in [-0.3, -0.25) is 19.4 Å². The number of imide groups is 1. The number of amides is 4. The second-order valence-corrected chi connectivity index (χ2v) is 5.47. The number of anilines is 1. The molecule has 2 aliphatic heterocycles. The first-order chi connectivity index (χ1) is 11.4. The molecular formula is C15H15FN5O3+. The van der Waals surface area contributed by atoms with E-state index in [2.05, 4.69) is 10.3 Å². The van der Waals surface area contributed by atoms with Crippen LogP contribution in [0.5, 0.6) is 0 Å². The second-order valence-electron chi connectivity index (χ2n) is 5.47. The Balaban J connectivity index is 1.70. The molecule has 4 amide bonds. The minimum Gasteiger partial charge on any atom is -0.323 e. The number of carbonyl (C=O) groups excluding carboxylic acids is 3. The lowest BCUT2D eigenvalue weighted by Crippen LogP contribution is -2.61. The normalized spacial score (nSPS) is 19.9. The maximum absolute atomic E-state index is 12.9. The minimum absolute atomic E-state index is 0.128. The maximum Gasteiger partial charge on any atom is 0.333 e. The zero-order valence-electron chi connectivity index (χ0n) is 13.1. The molecule has 124 valence electrons. The van der Waals surface area contributed by atoms with E-state index in [1.54, 1.807) is 0 Å². The van der Waals surface area contributed by atoms with Crippen LogP contribution in [0.2, 0.25) is 0 Å². The van der Waals surface area contributed by atoms with Gasteiger partial charge in [0.15, 0.2) is 6.54 Å². The van der Waals surface area contributed by atoms with Crippen molar-refractivity contribution in [2.45, 2.75) is 6.04 Å². The van der Waals surface area contributed by atoms with Gasteiger partial charge in [0.2, 0.25) is 0 Å². The highest BCUT2D eigenvalue weighted by Gasteiger charge is 2.50. The molecule has 1 aromatic carbocycles. The Morgan fingerprint density at radius 3 is 2.58 bits per heavy atom. The molecule has 1 N–H and O–H groups in total. The number of nitrogens with one attached hydrogen (secondary N) is 1. The summed E-state index contributed by atoms with van der Waals surface area (Å²) in [6.45, 7) is -0.128. The van der Waals surface area contributed by atoms with Gasteiger partial charge >= 0.3 is 6.03 Å². The van der Waals surface area contributed by atoms with Crippen LogP contribution in [-0.4, -0.2) is 71.1 Å². The van der Waals surface area contributed by atoms with Gasteiger partial charge in [-0.2, -0.15) is 0 Å². The molecule has 1 atom stereocenters. The topological polar surface area (TPSA) is 85.1 Å². The van der Waals surface area contributed by atoms with Gasteiger partial charge in [-0.25, -0.2) is 13.8 Å². The summed E-state index contributed by atoms with van der Waals surface area (Å²) in [4.78, 5) is 42.7. The maximum atomic E-state index is 12.9. The zero-order chi connectivity index (χ0) is 17.4. The molecule has 1 fully saturated rings. The third-order valence-corrected chi connectivity index (χ3v) is 3.85. The quantitative estimate of drug-likeness (QED) is 0.797. The predicted molar refractivity (Wildman–Crippen MR) is 83.4 cm³/mol. The third-order valence-electron chi connectivity index (χ3n) is 3.85. The number of hydrogen-bond acceptors (Lipinski definition) is 4. The molecule has 0 radical (unpaired) electrons. The summed E-state index contributed by atoms with van der Waals surface area (Å²) in [7, 11) is 2.90. The van der Waals surface area contributed by atoms with Crippen LogP contribution in [0.25, 0.3) is 0 Å². The fourth-order valence-corrected chi connectivity index (χ4v) is 2.57. The van der Waals surface area contributed by atoms with Crippen LogP contribution < -0.4 is 5.32 Å². The van der Waals surface area contributed by atoms with Gasteiger partial charge in [0.25, 0.3) is 30.0 Å². The molecular weight excluding hydrogens is 317 g/mol. The van der Waals surface area contributed by atoms with Gasteiger partial charge in [-0.15, -0.1) is 0 Å². The molecule has 24 heavy (non-hydrogen) atoms. The van der Waals surface area contributed by atoms with E-state index in [0.717, 1.165) is 4.90 Å². The van der Waals surface area contributed by atoms with Gasteiger partial charge in [0.05, 0.1) is 0 Å². The molecule has 0 aromatic heterocycles. The summed E-state index contributed by atoms with van der Waals surface area (Å²) in [6.07, 6.45) is 1.37. The van der Waals surface area contributed by atoms with E-state index in [1.807, 2.05) is 0 Å². The van der Waals surface area contributed by atoms with E-state index in [1.165, 1.54) is 54.2 Å². The summed E-state index contributed by atoms with van der Waals surface area (Å²) < 4.78 is 14.3. The van der Waals surface area contributed by atoms with Crippen molar-refractivity contribution < 1.29 is 23.3 Å². The monoisotopic (exact) mass is 332 g/mol. The van der Waals surface area contributed by atoms with Crippen molar-refractivity contribution in [2.75, 3.05) is 26.0 Å². The van der Waals surface area contributed by atoms with Gasteiger partial charge in [0, 0.05) is 19.8 Å².